The fourth-order valence-electron chi connectivity index (χ4n) is 4.30. The third-order valence-corrected chi connectivity index (χ3v) is 6.41. The van der Waals surface area contributed by atoms with Gasteiger partial charge in [-0.3, -0.25) is 4.79 Å². The van der Waals surface area contributed by atoms with Crippen LogP contribution in [0.1, 0.15) is 24.4 Å². The molecule has 1 aromatic rings. The monoisotopic (exact) mass is 470 g/mol. The van der Waals surface area contributed by atoms with E-state index in [0.29, 0.717) is 18.4 Å². The zero-order chi connectivity index (χ0) is 22.4. The zero-order valence-corrected chi connectivity index (χ0v) is 16.9. The number of aromatic hydroxyl groups is 1. The van der Waals surface area contributed by atoms with Crippen LogP contribution in [-0.4, -0.2) is 58.5 Å². The molecule has 0 spiro atoms. The number of alkyl halides is 3. The Morgan fingerprint density at radius 3 is 2.43 bits per heavy atom. The molecule has 2 bridgehead atoms. The van der Waals surface area contributed by atoms with E-state index in [1.54, 1.807) is 0 Å². The number of halogens is 5. The zero-order valence-electron chi connectivity index (χ0n) is 15.4. The first-order chi connectivity index (χ1) is 13.9. The Morgan fingerprint density at radius 1 is 1.27 bits per heavy atom. The summed E-state index contributed by atoms with van der Waals surface area (Å²) in [6, 6.07) is 1.85. The standard InChI is InChI=1S/C18H19Cl2F3N2O5/c19-11-3-10(13(27)4-12(11)20)15(24)9-2-8-1-7(9)5-25(8)16(28)14(6-26)30-17(29)18(21,22)23/h3-4,7-9,14-15,26-27H,1-2,5-6,24H2/t7-,8+,9+,14+,15+/m0/s1. The number of carbonyl (C=O) groups excluding carboxylic acids is 2. The molecule has 2 fully saturated rings. The van der Waals surface area contributed by atoms with Gasteiger partial charge in [-0.1, -0.05) is 23.2 Å². The highest BCUT2D eigenvalue weighted by Crippen LogP contribution is 2.48. The van der Waals surface area contributed by atoms with Gasteiger partial charge in [0.2, 0.25) is 6.10 Å². The van der Waals surface area contributed by atoms with Crippen LogP contribution in [0.15, 0.2) is 12.1 Å². The van der Waals surface area contributed by atoms with E-state index in [-0.39, 0.29) is 40.2 Å². The number of likely N-dealkylation sites (tertiary alicyclic amines) is 1. The lowest BCUT2D eigenvalue weighted by Gasteiger charge is -2.35. The largest absolute Gasteiger partial charge is 0.508 e. The Bertz CT molecular complexity index is 854. The van der Waals surface area contributed by atoms with Crippen molar-refractivity contribution in [3.8, 4) is 5.75 Å². The van der Waals surface area contributed by atoms with Crippen LogP contribution in [0.3, 0.4) is 0 Å². The summed E-state index contributed by atoms with van der Waals surface area (Å²) in [5.74, 6) is -3.72. The summed E-state index contributed by atoms with van der Waals surface area (Å²) in [5, 5.41) is 19.8. The Labute approximate surface area is 179 Å². The molecule has 0 unspecified atom stereocenters. The number of ether oxygens (including phenoxy) is 1. The van der Waals surface area contributed by atoms with Crippen LogP contribution in [0.5, 0.6) is 5.75 Å². The van der Waals surface area contributed by atoms with Crippen LogP contribution >= 0.6 is 23.2 Å². The number of carbonyl (C=O) groups is 2. The lowest BCUT2D eigenvalue weighted by molar-refractivity contribution is -0.208. The van der Waals surface area contributed by atoms with Gasteiger partial charge in [0.25, 0.3) is 5.91 Å². The van der Waals surface area contributed by atoms with Crippen LogP contribution in [0.25, 0.3) is 0 Å². The van der Waals surface area contributed by atoms with E-state index in [1.807, 2.05) is 0 Å². The Hall–Kier alpha value is -1.75. The first kappa shape index (κ1) is 22.9. The molecular weight excluding hydrogens is 452 g/mol. The maximum absolute atomic E-state index is 12.5. The van der Waals surface area contributed by atoms with Crippen molar-refractivity contribution in [2.45, 2.75) is 37.2 Å². The number of piperidine rings is 1. The normalized spacial score (nSPS) is 25.3. The summed E-state index contributed by atoms with van der Waals surface area (Å²) < 4.78 is 41.3. The minimum absolute atomic E-state index is 0.0829. The maximum atomic E-state index is 12.5. The smallest absolute Gasteiger partial charge is 0.490 e. The molecule has 4 N–H and O–H groups in total. The molecule has 1 saturated heterocycles. The van der Waals surface area contributed by atoms with E-state index in [2.05, 4.69) is 4.74 Å². The molecule has 3 rings (SSSR count). The lowest BCUT2D eigenvalue weighted by atomic mass is 9.84. The predicted octanol–water partition coefficient (Wildman–Crippen LogP) is 2.40. The van der Waals surface area contributed by atoms with E-state index in [1.165, 1.54) is 17.0 Å². The number of hydrogen-bond acceptors (Lipinski definition) is 6. The van der Waals surface area contributed by atoms with Crippen molar-refractivity contribution in [3.63, 3.8) is 0 Å². The average molecular weight is 471 g/mol. The molecule has 7 nitrogen and oxygen atoms in total. The Kier molecular flexibility index (Phi) is 6.43. The summed E-state index contributed by atoms with van der Waals surface area (Å²) in [5.41, 5.74) is 6.74. The van der Waals surface area contributed by atoms with Crippen LogP contribution in [0, 0.1) is 11.8 Å². The number of hydrogen-bond donors (Lipinski definition) is 3. The summed E-state index contributed by atoms with van der Waals surface area (Å²) in [6.45, 7) is -0.876. The quantitative estimate of drug-likeness (QED) is 0.569. The highest BCUT2D eigenvalue weighted by atomic mass is 35.5. The number of phenols is 1. The molecule has 166 valence electrons. The predicted molar refractivity (Wildman–Crippen MR) is 99.8 cm³/mol. The van der Waals surface area contributed by atoms with Crippen molar-refractivity contribution in [3.05, 3.63) is 27.7 Å². The van der Waals surface area contributed by atoms with Gasteiger partial charge < -0.3 is 25.6 Å². The van der Waals surface area contributed by atoms with Gasteiger partial charge in [0, 0.05) is 30.3 Å². The van der Waals surface area contributed by atoms with Gasteiger partial charge in [-0.05, 0) is 30.7 Å². The van der Waals surface area contributed by atoms with Crippen molar-refractivity contribution in [1.29, 1.82) is 0 Å². The van der Waals surface area contributed by atoms with E-state index >= 15 is 0 Å². The van der Waals surface area contributed by atoms with Gasteiger partial charge in [-0.2, -0.15) is 13.2 Å². The molecule has 1 amide bonds. The first-order valence-electron chi connectivity index (χ1n) is 9.06. The Balaban J connectivity index is 1.68. The first-order valence-corrected chi connectivity index (χ1v) is 9.82. The van der Waals surface area contributed by atoms with Crippen LogP contribution < -0.4 is 5.73 Å². The number of nitrogens with two attached hydrogens (primary N) is 1. The van der Waals surface area contributed by atoms with Gasteiger partial charge in [-0.25, -0.2) is 4.79 Å². The highest BCUT2D eigenvalue weighted by Gasteiger charge is 2.51. The molecule has 1 heterocycles. The summed E-state index contributed by atoms with van der Waals surface area (Å²) in [6.07, 6.45) is -6.21. The topological polar surface area (TPSA) is 113 Å². The van der Waals surface area contributed by atoms with E-state index in [0.717, 1.165) is 0 Å². The number of fused-ring (bicyclic) bond motifs is 2. The fourth-order valence-corrected chi connectivity index (χ4v) is 4.63. The van der Waals surface area contributed by atoms with Gasteiger partial charge in [0.1, 0.15) is 5.75 Å². The fraction of sp³-hybridized carbons (Fsp3) is 0.556. The Morgan fingerprint density at radius 2 is 1.90 bits per heavy atom. The minimum atomic E-state index is -5.27. The van der Waals surface area contributed by atoms with Crippen molar-refractivity contribution >= 4 is 35.1 Å². The third-order valence-electron chi connectivity index (χ3n) is 5.69. The molecule has 1 aliphatic heterocycles. The summed E-state index contributed by atoms with van der Waals surface area (Å²) in [4.78, 5) is 24.8. The van der Waals surface area contributed by atoms with Gasteiger partial charge in [-0.15, -0.1) is 0 Å². The number of esters is 1. The molecule has 1 aromatic carbocycles. The average Bonchev–Trinajstić information content (AvgIpc) is 3.27. The summed E-state index contributed by atoms with van der Waals surface area (Å²) >= 11 is 11.9. The van der Waals surface area contributed by atoms with Gasteiger partial charge in [0.15, 0.2) is 0 Å². The molecule has 1 aliphatic carbocycles. The minimum Gasteiger partial charge on any atom is -0.508 e. The molecular formula is C18H19Cl2F3N2O5. The molecule has 0 aromatic heterocycles. The van der Waals surface area contributed by atoms with Gasteiger partial charge in [0.05, 0.1) is 16.7 Å². The molecule has 1 saturated carbocycles. The number of nitrogens with zero attached hydrogens (tertiary/aromatic N) is 1. The number of amides is 1. The second-order valence-corrected chi connectivity index (χ2v) is 8.28. The van der Waals surface area contributed by atoms with Crippen LogP contribution in [-0.2, 0) is 14.3 Å². The van der Waals surface area contributed by atoms with Crippen molar-refractivity contribution in [2.75, 3.05) is 13.2 Å². The van der Waals surface area contributed by atoms with E-state index < -0.39 is 36.8 Å². The van der Waals surface area contributed by atoms with E-state index in [9.17, 15) is 33.0 Å². The van der Waals surface area contributed by atoms with Crippen LogP contribution in [0.4, 0.5) is 13.2 Å². The molecule has 5 atom stereocenters. The number of aliphatic hydroxyl groups is 1. The molecule has 0 radical (unpaired) electrons. The third kappa shape index (κ3) is 4.32. The second kappa shape index (κ2) is 8.41. The number of phenolic OH excluding ortho intramolecular Hbond substituents is 1. The molecule has 12 heteroatoms. The number of benzene rings is 1. The molecule has 30 heavy (non-hydrogen) atoms. The van der Waals surface area contributed by atoms with Crippen LogP contribution in [0.2, 0.25) is 10.0 Å². The van der Waals surface area contributed by atoms with Crippen molar-refractivity contribution in [1.82, 2.24) is 4.90 Å². The van der Waals surface area contributed by atoms with Crippen molar-refractivity contribution < 1.29 is 37.7 Å². The SMILES string of the molecule is N[C@@H](c1cc(Cl)c(Cl)cc1O)[C@@H]1C[C@H]2C[C@H]1CN2C(=O)[C@@H](CO)OC(=O)C(F)(F)F. The number of aliphatic hydroxyl groups excluding tert-OH is 1. The summed E-state index contributed by atoms with van der Waals surface area (Å²) in [7, 11) is 0. The second-order valence-electron chi connectivity index (χ2n) is 7.46. The van der Waals surface area contributed by atoms with Crippen molar-refractivity contribution in [2.24, 2.45) is 17.6 Å². The maximum Gasteiger partial charge on any atom is 0.490 e. The number of rotatable bonds is 5. The lowest BCUT2D eigenvalue weighted by Crippen LogP contribution is -2.49. The molecule has 2 aliphatic rings. The van der Waals surface area contributed by atoms with E-state index in [4.69, 9.17) is 28.9 Å². The highest BCUT2D eigenvalue weighted by molar-refractivity contribution is 6.42. The van der Waals surface area contributed by atoms with Gasteiger partial charge >= 0.3 is 12.1 Å².